The molecule has 0 radical (unpaired) electrons. The summed E-state index contributed by atoms with van der Waals surface area (Å²) in [6.07, 6.45) is 3.01. The Bertz CT molecular complexity index is 368. The summed E-state index contributed by atoms with van der Waals surface area (Å²) in [5.41, 5.74) is 0.766. The number of oxime groups is 1. The molecule has 80 valence electrons. The number of halogens is 2. The van der Waals surface area contributed by atoms with Crippen molar-refractivity contribution in [3.63, 3.8) is 0 Å². The second-order valence-corrected chi connectivity index (χ2v) is 4.37. The van der Waals surface area contributed by atoms with E-state index < -0.39 is 0 Å². The fourth-order valence-electron chi connectivity index (χ4n) is 1.00. The molecule has 0 bridgehead atoms. The first-order chi connectivity index (χ1) is 7.19. The molecule has 0 saturated carbocycles. The molecule has 1 N–H and O–H groups in total. The van der Waals surface area contributed by atoms with Gasteiger partial charge in [0, 0.05) is 0 Å². The van der Waals surface area contributed by atoms with E-state index in [0.717, 1.165) is 14.5 Å². The molecule has 0 aliphatic rings. The molecule has 0 amide bonds. The number of hydrogen-bond acceptors (Lipinski definition) is 3. The average Bonchev–Trinajstić information content (AvgIpc) is 2.17. The molecule has 15 heavy (non-hydrogen) atoms. The van der Waals surface area contributed by atoms with Crippen LogP contribution in [0.3, 0.4) is 0 Å². The van der Waals surface area contributed by atoms with Gasteiger partial charge in [-0.05, 0) is 49.6 Å². The van der Waals surface area contributed by atoms with Gasteiger partial charge < -0.3 is 9.94 Å². The third-order valence-corrected chi connectivity index (χ3v) is 2.75. The number of benzene rings is 1. The smallest absolute Gasteiger partial charge is 0.148 e. The monoisotopic (exact) mass is 333 g/mol. The minimum atomic E-state index is 0.435. The molecule has 0 unspecified atom stereocenters. The van der Waals surface area contributed by atoms with E-state index in [9.17, 15) is 0 Å². The highest BCUT2D eigenvalue weighted by molar-refractivity contribution is 9.11. The Hall–Kier alpha value is -0.810. The van der Waals surface area contributed by atoms with Gasteiger partial charge in [0.2, 0.25) is 0 Å². The second-order valence-electron chi connectivity index (χ2n) is 2.66. The van der Waals surface area contributed by atoms with Gasteiger partial charge in [-0.3, -0.25) is 0 Å². The Morgan fingerprint density at radius 2 is 2.00 bits per heavy atom. The van der Waals surface area contributed by atoms with E-state index in [4.69, 9.17) is 9.94 Å². The lowest BCUT2D eigenvalue weighted by Gasteiger charge is -2.09. The predicted octanol–water partition coefficient (Wildman–Crippen LogP) is 3.58. The van der Waals surface area contributed by atoms with E-state index in [1.807, 2.05) is 0 Å². The summed E-state index contributed by atoms with van der Waals surface area (Å²) in [7, 11) is 0. The highest BCUT2D eigenvalue weighted by Gasteiger charge is 2.07. The standard InChI is InChI=1S/C10H9Br2NO2/c1-2-3-15-10-8(11)4-7(6-13-14)5-9(10)12/h2,4-6,14H,1,3H2/b13-6-. The van der Waals surface area contributed by atoms with Crippen LogP contribution in [0.2, 0.25) is 0 Å². The molecule has 1 rings (SSSR count). The molecule has 3 nitrogen and oxygen atoms in total. The van der Waals surface area contributed by atoms with Gasteiger partial charge in [-0.1, -0.05) is 17.8 Å². The van der Waals surface area contributed by atoms with E-state index in [0.29, 0.717) is 12.4 Å². The summed E-state index contributed by atoms with van der Waals surface area (Å²) in [4.78, 5) is 0. The number of ether oxygens (including phenoxy) is 1. The molecule has 5 heteroatoms. The molecule has 0 aliphatic carbocycles. The average molecular weight is 335 g/mol. The van der Waals surface area contributed by atoms with Crippen LogP contribution in [0.5, 0.6) is 5.75 Å². The summed E-state index contributed by atoms with van der Waals surface area (Å²) in [5, 5.41) is 11.4. The SMILES string of the molecule is C=CCOc1c(Br)cc(/C=N\O)cc1Br. The van der Waals surface area contributed by atoms with Crippen LogP contribution >= 0.6 is 31.9 Å². The lowest BCUT2D eigenvalue weighted by atomic mass is 10.2. The molecule has 0 saturated heterocycles. The van der Waals surface area contributed by atoms with Gasteiger partial charge in [0.1, 0.15) is 12.4 Å². The Morgan fingerprint density at radius 1 is 1.40 bits per heavy atom. The first-order valence-electron chi connectivity index (χ1n) is 4.09. The van der Waals surface area contributed by atoms with Crippen LogP contribution in [0.25, 0.3) is 0 Å². The summed E-state index contributed by atoms with van der Waals surface area (Å²) in [6.45, 7) is 4.01. The van der Waals surface area contributed by atoms with Crippen LogP contribution in [0.4, 0.5) is 0 Å². The highest BCUT2D eigenvalue weighted by Crippen LogP contribution is 2.34. The van der Waals surface area contributed by atoms with Gasteiger partial charge in [-0.2, -0.15) is 0 Å². The quantitative estimate of drug-likeness (QED) is 0.396. The van der Waals surface area contributed by atoms with Crippen LogP contribution in [0.1, 0.15) is 5.56 Å². The normalized spacial score (nSPS) is 10.5. The Labute approximate surface area is 105 Å². The molecule has 1 aromatic carbocycles. The van der Waals surface area contributed by atoms with Gasteiger partial charge >= 0.3 is 0 Å². The largest absolute Gasteiger partial charge is 0.487 e. The molecular formula is C10H9Br2NO2. The topological polar surface area (TPSA) is 41.8 Å². The third kappa shape index (κ3) is 3.35. The number of hydrogen-bond donors (Lipinski definition) is 1. The molecule has 0 fully saturated rings. The van der Waals surface area contributed by atoms with Crippen molar-refractivity contribution < 1.29 is 9.94 Å². The maximum absolute atomic E-state index is 8.41. The Kier molecular flexibility index (Phi) is 4.84. The van der Waals surface area contributed by atoms with Crippen molar-refractivity contribution in [3.05, 3.63) is 39.3 Å². The van der Waals surface area contributed by atoms with Crippen LogP contribution in [0.15, 0.2) is 38.9 Å². The first-order valence-corrected chi connectivity index (χ1v) is 5.67. The van der Waals surface area contributed by atoms with Crippen LogP contribution in [-0.2, 0) is 0 Å². The van der Waals surface area contributed by atoms with Crippen molar-refractivity contribution in [1.82, 2.24) is 0 Å². The zero-order valence-electron chi connectivity index (χ0n) is 7.78. The number of nitrogens with zero attached hydrogens (tertiary/aromatic N) is 1. The molecule has 0 heterocycles. The van der Waals surface area contributed by atoms with E-state index in [1.54, 1.807) is 18.2 Å². The maximum Gasteiger partial charge on any atom is 0.148 e. The molecule has 0 spiro atoms. The van der Waals surface area contributed by atoms with E-state index >= 15 is 0 Å². The zero-order chi connectivity index (χ0) is 11.3. The zero-order valence-corrected chi connectivity index (χ0v) is 11.0. The minimum Gasteiger partial charge on any atom is -0.487 e. The summed E-state index contributed by atoms with van der Waals surface area (Å²) >= 11 is 6.73. The summed E-state index contributed by atoms with van der Waals surface area (Å²) < 4.78 is 7.00. The van der Waals surface area contributed by atoms with Crippen molar-refractivity contribution in [2.24, 2.45) is 5.16 Å². The summed E-state index contributed by atoms with van der Waals surface area (Å²) in [6, 6.07) is 3.59. The number of rotatable bonds is 4. The van der Waals surface area contributed by atoms with E-state index in [1.165, 1.54) is 6.21 Å². The summed E-state index contributed by atoms with van der Waals surface area (Å²) in [5.74, 6) is 0.699. The predicted molar refractivity (Wildman–Crippen MR) is 66.9 cm³/mol. The van der Waals surface area contributed by atoms with Crippen LogP contribution in [0, 0.1) is 0 Å². The third-order valence-electron chi connectivity index (χ3n) is 1.57. The lowest BCUT2D eigenvalue weighted by molar-refractivity contribution is 0.322. The van der Waals surface area contributed by atoms with Crippen molar-refractivity contribution in [3.8, 4) is 5.75 Å². The minimum absolute atomic E-state index is 0.435. The Balaban J connectivity index is 3.03. The van der Waals surface area contributed by atoms with Crippen molar-refractivity contribution in [2.45, 2.75) is 0 Å². The molecule has 0 aromatic heterocycles. The van der Waals surface area contributed by atoms with E-state index in [-0.39, 0.29) is 0 Å². The highest BCUT2D eigenvalue weighted by atomic mass is 79.9. The Morgan fingerprint density at radius 3 is 2.47 bits per heavy atom. The van der Waals surface area contributed by atoms with Gasteiger partial charge in [0.05, 0.1) is 15.2 Å². The first kappa shape index (κ1) is 12.3. The van der Waals surface area contributed by atoms with Crippen molar-refractivity contribution >= 4 is 38.1 Å². The van der Waals surface area contributed by atoms with Gasteiger partial charge in [0.15, 0.2) is 0 Å². The molecular weight excluding hydrogens is 326 g/mol. The van der Waals surface area contributed by atoms with Gasteiger partial charge in [-0.15, -0.1) is 0 Å². The van der Waals surface area contributed by atoms with Crippen molar-refractivity contribution in [2.75, 3.05) is 6.61 Å². The van der Waals surface area contributed by atoms with Crippen LogP contribution in [-0.4, -0.2) is 18.0 Å². The second kappa shape index (κ2) is 5.92. The van der Waals surface area contributed by atoms with E-state index in [2.05, 4.69) is 43.6 Å². The molecule has 1 aromatic rings. The fraction of sp³-hybridized carbons (Fsp3) is 0.100. The van der Waals surface area contributed by atoms with Gasteiger partial charge in [-0.25, -0.2) is 0 Å². The van der Waals surface area contributed by atoms with Crippen molar-refractivity contribution in [1.29, 1.82) is 0 Å². The molecule has 0 atom stereocenters. The van der Waals surface area contributed by atoms with Crippen LogP contribution < -0.4 is 4.74 Å². The molecule has 0 aliphatic heterocycles. The fourth-order valence-corrected chi connectivity index (χ4v) is 2.45. The lowest BCUT2D eigenvalue weighted by Crippen LogP contribution is -1.96. The van der Waals surface area contributed by atoms with Gasteiger partial charge in [0.25, 0.3) is 0 Å². The maximum atomic E-state index is 8.41.